The van der Waals surface area contributed by atoms with Gasteiger partial charge < -0.3 is 10.3 Å². The molecule has 0 spiro atoms. The van der Waals surface area contributed by atoms with Gasteiger partial charge in [-0.2, -0.15) is 0 Å². The topological polar surface area (TPSA) is 53.6 Å². The number of aromatic amines is 1. The van der Waals surface area contributed by atoms with Gasteiger partial charge in [0, 0.05) is 17.3 Å². The quantitative estimate of drug-likeness (QED) is 0.660. The van der Waals surface area contributed by atoms with Gasteiger partial charge in [0.15, 0.2) is 5.65 Å². The van der Waals surface area contributed by atoms with Crippen molar-refractivity contribution < 1.29 is 0 Å². The van der Waals surface area contributed by atoms with Crippen LogP contribution in [0.25, 0.3) is 11.2 Å². The summed E-state index contributed by atoms with van der Waals surface area (Å²) >= 11 is 0. The Morgan fingerprint density at radius 1 is 1.50 bits per heavy atom. The summed E-state index contributed by atoms with van der Waals surface area (Å²) in [5.74, 6) is 0. The molecular weight excluding hydrogens is 176 g/mol. The molecule has 0 saturated carbocycles. The molecule has 0 aromatic carbocycles. The number of pyridine rings is 1. The lowest BCUT2D eigenvalue weighted by atomic mass is 10.1. The number of anilines is 1. The summed E-state index contributed by atoms with van der Waals surface area (Å²) in [4.78, 5) is 11.8. The lowest BCUT2D eigenvalue weighted by Gasteiger charge is -2.03. The number of H-pyrrole nitrogens is 1. The second-order valence-electron chi connectivity index (χ2n) is 3.90. The minimum atomic E-state index is 0.499. The van der Waals surface area contributed by atoms with Crippen LogP contribution in [0.2, 0.25) is 0 Å². The molecule has 0 aliphatic carbocycles. The number of aryl methyl sites for hydroxylation is 1. The molecule has 3 rings (SSSR count). The molecule has 1 aliphatic heterocycles. The summed E-state index contributed by atoms with van der Waals surface area (Å²) in [6.07, 6.45) is 2.76. The van der Waals surface area contributed by atoms with Crippen molar-refractivity contribution in [1.82, 2.24) is 15.0 Å². The predicted molar refractivity (Wildman–Crippen MR) is 55.4 cm³/mol. The molecule has 1 aliphatic rings. The van der Waals surface area contributed by atoms with Gasteiger partial charge in [-0.1, -0.05) is 0 Å². The number of aromatic nitrogens is 3. The molecule has 0 bridgehead atoms. The SMILES string of the molecule is Cc1nc2nc[nH]c2c2c1CC(C)N2. The van der Waals surface area contributed by atoms with Crippen molar-refractivity contribution in [2.45, 2.75) is 26.3 Å². The maximum absolute atomic E-state index is 4.46. The Bertz CT molecular complexity index is 500. The number of fused-ring (bicyclic) bond motifs is 3. The van der Waals surface area contributed by atoms with E-state index in [0.717, 1.165) is 23.3 Å². The third-order valence-electron chi connectivity index (χ3n) is 2.78. The van der Waals surface area contributed by atoms with Crippen molar-refractivity contribution in [2.75, 3.05) is 5.32 Å². The van der Waals surface area contributed by atoms with Gasteiger partial charge in [0.2, 0.25) is 0 Å². The molecule has 1 atom stereocenters. The summed E-state index contributed by atoms with van der Waals surface area (Å²) in [5.41, 5.74) is 5.46. The number of hydrogen-bond acceptors (Lipinski definition) is 3. The van der Waals surface area contributed by atoms with Crippen molar-refractivity contribution in [3.8, 4) is 0 Å². The molecule has 0 saturated heterocycles. The van der Waals surface area contributed by atoms with E-state index in [9.17, 15) is 0 Å². The summed E-state index contributed by atoms with van der Waals surface area (Å²) < 4.78 is 0. The van der Waals surface area contributed by atoms with Crippen LogP contribution in [-0.2, 0) is 6.42 Å². The van der Waals surface area contributed by atoms with E-state index in [1.165, 1.54) is 11.3 Å². The molecule has 14 heavy (non-hydrogen) atoms. The van der Waals surface area contributed by atoms with Crippen LogP contribution in [0.1, 0.15) is 18.2 Å². The number of imidazole rings is 1. The van der Waals surface area contributed by atoms with Crippen molar-refractivity contribution in [3.05, 3.63) is 17.6 Å². The Kier molecular flexibility index (Phi) is 1.37. The fourth-order valence-corrected chi connectivity index (χ4v) is 2.13. The molecule has 0 radical (unpaired) electrons. The smallest absolute Gasteiger partial charge is 0.179 e. The second-order valence-corrected chi connectivity index (χ2v) is 3.90. The fraction of sp³-hybridized carbons (Fsp3) is 0.400. The number of nitrogens with one attached hydrogen (secondary N) is 2. The zero-order valence-corrected chi connectivity index (χ0v) is 8.26. The molecule has 2 aromatic heterocycles. The fourth-order valence-electron chi connectivity index (χ4n) is 2.13. The molecule has 2 N–H and O–H groups in total. The first kappa shape index (κ1) is 7.79. The molecule has 0 amide bonds. The average Bonchev–Trinajstić information content (AvgIpc) is 2.69. The second kappa shape index (κ2) is 2.47. The maximum Gasteiger partial charge on any atom is 0.179 e. The van der Waals surface area contributed by atoms with Crippen LogP contribution in [-0.4, -0.2) is 21.0 Å². The minimum absolute atomic E-state index is 0.499. The zero-order chi connectivity index (χ0) is 9.71. The third-order valence-corrected chi connectivity index (χ3v) is 2.78. The van der Waals surface area contributed by atoms with Gasteiger partial charge >= 0.3 is 0 Å². The van der Waals surface area contributed by atoms with Crippen LogP contribution >= 0.6 is 0 Å². The molecule has 1 unspecified atom stereocenters. The summed E-state index contributed by atoms with van der Waals surface area (Å²) in [6.45, 7) is 4.23. The van der Waals surface area contributed by atoms with E-state index in [1.54, 1.807) is 6.33 Å². The predicted octanol–water partition coefficient (Wildman–Crippen LogP) is 1.62. The highest BCUT2D eigenvalue weighted by atomic mass is 15.0. The van der Waals surface area contributed by atoms with Gasteiger partial charge in [0.05, 0.1) is 12.0 Å². The van der Waals surface area contributed by atoms with Crippen LogP contribution in [0.15, 0.2) is 6.33 Å². The first-order chi connectivity index (χ1) is 6.75. The van der Waals surface area contributed by atoms with Crippen molar-refractivity contribution in [2.24, 2.45) is 0 Å². The van der Waals surface area contributed by atoms with E-state index >= 15 is 0 Å². The van der Waals surface area contributed by atoms with Crippen LogP contribution in [0.4, 0.5) is 5.69 Å². The van der Waals surface area contributed by atoms with E-state index in [2.05, 4.69) is 27.2 Å². The van der Waals surface area contributed by atoms with E-state index in [1.807, 2.05) is 6.92 Å². The van der Waals surface area contributed by atoms with E-state index in [-0.39, 0.29) is 0 Å². The highest BCUT2D eigenvalue weighted by Crippen LogP contribution is 2.32. The molecule has 0 fully saturated rings. The Balaban J connectivity index is 2.38. The van der Waals surface area contributed by atoms with E-state index in [4.69, 9.17) is 0 Å². The normalized spacial score (nSPS) is 19.7. The largest absolute Gasteiger partial charge is 0.380 e. The molecule has 4 heteroatoms. The lowest BCUT2D eigenvalue weighted by molar-refractivity contribution is 0.833. The number of rotatable bonds is 0. The van der Waals surface area contributed by atoms with Crippen LogP contribution < -0.4 is 5.32 Å². The molecule has 2 aromatic rings. The first-order valence-corrected chi connectivity index (χ1v) is 4.85. The highest BCUT2D eigenvalue weighted by molar-refractivity contribution is 5.89. The molecule has 4 nitrogen and oxygen atoms in total. The highest BCUT2D eigenvalue weighted by Gasteiger charge is 2.22. The molecule has 3 heterocycles. The summed E-state index contributed by atoms with van der Waals surface area (Å²) in [5, 5.41) is 3.46. The van der Waals surface area contributed by atoms with Crippen LogP contribution in [0.5, 0.6) is 0 Å². The van der Waals surface area contributed by atoms with Crippen molar-refractivity contribution in [1.29, 1.82) is 0 Å². The van der Waals surface area contributed by atoms with Crippen molar-refractivity contribution >= 4 is 16.9 Å². The Hall–Kier alpha value is -1.58. The minimum Gasteiger partial charge on any atom is -0.380 e. The van der Waals surface area contributed by atoms with E-state index < -0.39 is 0 Å². The van der Waals surface area contributed by atoms with Crippen LogP contribution in [0.3, 0.4) is 0 Å². The van der Waals surface area contributed by atoms with Gasteiger partial charge in [0.25, 0.3) is 0 Å². The van der Waals surface area contributed by atoms with Crippen LogP contribution in [0, 0.1) is 6.92 Å². The Labute approximate surface area is 81.8 Å². The molecular formula is C10H12N4. The summed E-state index contributed by atoms with van der Waals surface area (Å²) in [6, 6.07) is 0.499. The Morgan fingerprint density at radius 3 is 3.21 bits per heavy atom. The van der Waals surface area contributed by atoms with Crippen molar-refractivity contribution in [3.63, 3.8) is 0 Å². The van der Waals surface area contributed by atoms with E-state index in [0.29, 0.717) is 6.04 Å². The van der Waals surface area contributed by atoms with Gasteiger partial charge in [-0.15, -0.1) is 0 Å². The number of hydrogen-bond donors (Lipinski definition) is 2. The third kappa shape index (κ3) is 0.880. The van der Waals surface area contributed by atoms with Gasteiger partial charge in [0.1, 0.15) is 5.52 Å². The Morgan fingerprint density at radius 2 is 2.36 bits per heavy atom. The van der Waals surface area contributed by atoms with Gasteiger partial charge in [-0.05, 0) is 20.3 Å². The van der Waals surface area contributed by atoms with Gasteiger partial charge in [-0.25, -0.2) is 9.97 Å². The average molecular weight is 188 g/mol. The standard InChI is InChI=1S/C10H12N4/c1-5-3-7-6(2)14-10-9(8(7)13-5)11-4-12-10/h4-5,13H,3H2,1-2H3,(H,11,12,14). The maximum atomic E-state index is 4.46. The van der Waals surface area contributed by atoms with Gasteiger partial charge in [-0.3, -0.25) is 0 Å². The monoisotopic (exact) mass is 188 g/mol. The summed E-state index contributed by atoms with van der Waals surface area (Å²) in [7, 11) is 0. The number of nitrogens with zero attached hydrogens (tertiary/aromatic N) is 2. The first-order valence-electron chi connectivity index (χ1n) is 4.85. The molecule has 72 valence electrons. The zero-order valence-electron chi connectivity index (χ0n) is 8.26. The lowest BCUT2D eigenvalue weighted by Crippen LogP contribution is -2.08.